The Morgan fingerprint density at radius 1 is 1.20 bits per heavy atom. The van der Waals surface area contributed by atoms with E-state index in [0.29, 0.717) is 17.4 Å². The lowest BCUT2D eigenvalue weighted by molar-refractivity contribution is 0.128. The molecular weight excluding hydrogens is 244 g/mol. The fraction of sp³-hybridized carbons (Fsp3) is 0.722. The molecule has 1 aliphatic carbocycles. The smallest absolute Gasteiger partial charge is 0.0270 e. The minimum absolute atomic E-state index is 0.441. The average Bonchev–Trinajstić information content (AvgIpc) is 2.49. The molecule has 1 aromatic rings. The van der Waals surface area contributed by atoms with Crippen molar-refractivity contribution in [2.24, 2.45) is 5.41 Å². The van der Waals surface area contributed by atoms with Gasteiger partial charge in [-0.3, -0.25) is 4.98 Å². The van der Waals surface area contributed by atoms with Crippen LogP contribution in [0.4, 0.5) is 0 Å². The minimum atomic E-state index is 0.441. The molecule has 0 radical (unpaired) electrons. The normalized spacial score (nSPS) is 21.4. The van der Waals surface area contributed by atoms with Gasteiger partial charge < -0.3 is 5.32 Å². The van der Waals surface area contributed by atoms with Crippen molar-refractivity contribution >= 4 is 0 Å². The van der Waals surface area contributed by atoms with Gasteiger partial charge in [-0.2, -0.15) is 0 Å². The Bertz CT molecular complexity index is 382. The standard InChI is InChI=1S/C18H30N2/c1-4-12-20-17(18(3)10-6-5-7-11-18)15(2)16-8-13-19-14-9-16/h8-9,13-15,17,20H,4-7,10-12H2,1-3H3. The highest BCUT2D eigenvalue weighted by molar-refractivity contribution is 5.19. The summed E-state index contributed by atoms with van der Waals surface area (Å²) in [6, 6.07) is 4.93. The van der Waals surface area contributed by atoms with Crippen LogP contribution in [0.3, 0.4) is 0 Å². The summed E-state index contributed by atoms with van der Waals surface area (Å²) < 4.78 is 0. The van der Waals surface area contributed by atoms with Crippen LogP contribution in [0, 0.1) is 5.41 Å². The van der Waals surface area contributed by atoms with Crippen LogP contribution in [0.5, 0.6) is 0 Å². The number of aromatic nitrogens is 1. The highest BCUT2D eigenvalue weighted by Gasteiger charge is 2.38. The number of pyridine rings is 1. The molecule has 1 heterocycles. The molecule has 1 aliphatic rings. The Labute approximate surface area is 124 Å². The van der Waals surface area contributed by atoms with Crippen LogP contribution in [0.1, 0.15) is 70.8 Å². The molecule has 0 spiro atoms. The molecule has 1 aromatic heterocycles. The monoisotopic (exact) mass is 274 g/mol. The van der Waals surface area contributed by atoms with Crippen molar-refractivity contribution in [1.29, 1.82) is 0 Å². The molecule has 2 nitrogen and oxygen atoms in total. The van der Waals surface area contributed by atoms with Gasteiger partial charge in [0.1, 0.15) is 0 Å². The fourth-order valence-corrected chi connectivity index (χ4v) is 3.86. The van der Waals surface area contributed by atoms with Crippen molar-refractivity contribution in [2.45, 2.75) is 71.3 Å². The maximum atomic E-state index is 4.16. The van der Waals surface area contributed by atoms with Crippen LogP contribution in [0.25, 0.3) is 0 Å². The summed E-state index contributed by atoms with van der Waals surface area (Å²) in [5.74, 6) is 0.549. The summed E-state index contributed by atoms with van der Waals surface area (Å²) in [7, 11) is 0. The molecule has 2 unspecified atom stereocenters. The Morgan fingerprint density at radius 2 is 1.85 bits per heavy atom. The van der Waals surface area contributed by atoms with Crippen LogP contribution < -0.4 is 5.32 Å². The zero-order chi connectivity index (χ0) is 14.4. The quantitative estimate of drug-likeness (QED) is 0.824. The van der Waals surface area contributed by atoms with Gasteiger partial charge in [0, 0.05) is 18.4 Å². The molecular formula is C18H30N2. The van der Waals surface area contributed by atoms with E-state index in [0.717, 1.165) is 6.54 Å². The molecule has 0 saturated heterocycles. The second-order valence-electron chi connectivity index (χ2n) is 6.72. The van der Waals surface area contributed by atoms with E-state index in [9.17, 15) is 0 Å². The lowest BCUT2D eigenvalue weighted by Gasteiger charge is -2.44. The van der Waals surface area contributed by atoms with Crippen molar-refractivity contribution in [1.82, 2.24) is 10.3 Å². The largest absolute Gasteiger partial charge is 0.313 e. The topological polar surface area (TPSA) is 24.9 Å². The molecule has 0 amide bonds. The third-order valence-corrected chi connectivity index (χ3v) is 5.09. The van der Waals surface area contributed by atoms with Crippen molar-refractivity contribution < 1.29 is 0 Å². The summed E-state index contributed by atoms with van der Waals surface area (Å²) in [5, 5.41) is 3.86. The molecule has 0 aromatic carbocycles. The molecule has 2 atom stereocenters. The Morgan fingerprint density at radius 3 is 2.45 bits per heavy atom. The Hall–Kier alpha value is -0.890. The van der Waals surface area contributed by atoms with E-state index in [1.165, 1.54) is 44.1 Å². The van der Waals surface area contributed by atoms with E-state index in [-0.39, 0.29) is 0 Å². The Balaban J connectivity index is 2.17. The van der Waals surface area contributed by atoms with E-state index in [2.05, 4.69) is 43.2 Å². The number of nitrogens with zero attached hydrogens (tertiary/aromatic N) is 1. The van der Waals surface area contributed by atoms with Crippen molar-refractivity contribution in [3.05, 3.63) is 30.1 Å². The van der Waals surface area contributed by atoms with Crippen LogP contribution in [-0.2, 0) is 0 Å². The third-order valence-electron chi connectivity index (χ3n) is 5.09. The first-order chi connectivity index (χ1) is 9.67. The molecule has 0 bridgehead atoms. The number of hydrogen-bond donors (Lipinski definition) is 1. The van der Waals surface area contributed by atoms with Gasteiger partial charge in [-0.05, 0) is 54.8 Å². The summed E-state index contributed by atoms with van der Waals surface area (Å²) in [6.07, 6.45) is 12.0. The van der Waals surface area contributed by atoms with Gasteiger partial charge in [-0.15, -0.1) is 0 Å². The SMILES string of the molecule is CCCNC(C(C)c1ccncc1)C1(C)CCCCC1. The van der Waals surface area contributed by atoms with Gasteiger partial charge >= 0.3 is 0 Å². The van der Waals surface area contributed by atoms with Crippen molar-refractivity contribution in [2.75, 3.05) is 6.54 Å². The second-order valence-corrected chi connectivity index (χ2v) is 6.72. The van der Waals surface area contributed by atoms with Crippen molar-refractivity contribution in [3.8, 4) is 0 Å². The van der Waals surface area contributed by atoms with Gasteiger partial charge in [-0.1, -0.05) is 40.0 Å². The average molecular weight is 274 g/mol. The second kappa shape index (κ2) is 7.21. The van der Waals surface area contributed by atoms with E-state index in [1.54, 1.807) is 0 Å². The van der Waals surface area contributed by atoms with Gasteiger partial charge in [0.05, 0.1) is 0 Å². The summed E-state index contributed by atoms with van der Waals surface area (Å²) >= 11 is 0. The van der Waals surface area contributed by atoms with Gasteiger partial charge in [-0.25, -0.2) is 0 Å². The fourth-order valence-electron chi connectivity index (χ4n) is 3.86. The lowest BCUT2D eigenvalue weighted by atomic mass is 9.66. The van der Waals surface area contributed by atoms with Crippen LogP contribution >= 0.6 is 0 Å². The molecule has 0 aliphatic heterocycles. The summed E-state index contributed by atoms with van der Waals surface area (Å²) in [4.78, 5) is 4.16. The molecule has 20 heavy (non-hydrogen) atoms. The van der Waals surface area contributed by atoms with E-state index in [4.69, 9.17) is 0 Å². The predicted molar refractivity (Wildman–Crippen MR) is 85.9 cm³/mol. The molecule has 1 N–H and O–H groups in total. The van der Waals surface area contributed by atoms with Gasteiger partial charge in [0.15, 0.2) is 0 Å². The number of nitrogens with one attached hydrogen (secondary N) is 1. The molecule has 2 heteroatoms. The summed E-state index contributed by atoms with van der Waals surface area (Å²) in [5.41, 5.74) is 1.86. The molecule has 112 valence electrons. The van der Waals surface area contributed by atoms with Crippen LogP contribution in [-0.4, -0.2) is 17.6 Å². The number of rotatable bonds is 6. The summed E-state index contributed by atoms with van der Waals surface area (Å²) in [6.45, 7) is 8.25. The highest BCUT2D eigenvalue weighted by Crippen LogP contribution is 2.43. The van der Waals surface area contributed by atoms with Gasteiger partial charge in [0.2, 0.25) is 0 Å². The maximum absolute atomic E-state index is 4.16. The van der Waals surface area contributed by atoms with Crippen molar-refractivity contribution in [3.63, 3.8) is 0 Å². The maximum Gasteiger partial charge on any atom is 0.0270 e. The Kier molecular flexibility index (Phi) is 5.59. The first kappa shape index (κ1) is 15.5. The van der Waals surface area contributed by atoms with Crippen LogP contribution in [0.2, 0.25) is 0 Å². The lowest BCUT2D eigenvalue weighted by Crippen LogP contribution is -2.48. The first-order valence-electron chi connectivity index (χ1n) is 8.30. The van der Waals surface area contributed by atoms with Gasteiger partial charge in [0.25, 0.3) is 0 Å². The zero-order valence-corrected chi connectivity index (χ0v) is 13.4. The predicted octanol–water partition coefficient (Wildman–Crippen LogP) is 4.52. The number of hydrogen-bond acceptors (Lipinski definition) is 2. The van der Waals surface area contributed by atoms with Crippen LogP contribution in [0.15, 0.2) is 24.5 Å². The first-order valence-corrected chi connectivity index (χ1v) is 8.30. The van der Waals surface area contributed by atoms with E-state index >= 15 is 0 Å². The molecule has 2 rings (SSSR count). The third kappa shape index (κ3) is 3.60. The van der Waals surface area contributed by atoms with E-state index in [1.807, 2.05) is 12.4 Å². The molecule has 1 fully saturated rings. The zero-order valence-electron chi connectivity index (χ0n) is 13.4. The molecule has 1 saturated carbocycles. The van der Waals surface area contributed by atoms with E-state index < -0.39 is 0 Å². The minimum Gasteiger partial charge on any atom is -0.313 e. The highest BCUT2D eigenvalue weighted by atomic mass is 14.9.